The lowest BCUT2D eigenvalue weighted by atomic mass is 10.1. The Morgan fingerprint density at radius 1 is 1.00 bits per heavy atom. The first kappa shape index (κ1) is 17.3. The number of urea groups is 1. The van der Waals surface area contributed by atoms with Crippen molar-refractivity contribution in [3.8, 4) is 5.75 Å². The molecule has 0 fully saturated rings. The summed E-state index contributed by atoms with van der Waals surface area (Å²) >= 11 is 0. The van der Waals surface area contributed by atoms with E-state index in [0.717, 1.165) is 17.0 Å². The maximum Gasteiger partial charge on any atom is 0.319 e. The van der Waals surface area contributed by atoms with Crippen molar-refractivity contribution in [2.45, 2.75) is 13.3 Å². The molecule has 0 aliphatic carbocycles. The van der Waals surface area contributed by atoms with Crippen molar-refractivity contribution in [3.63, 3.8) is 0 Å². The maximum absolute atomic E-state index is 11.9. The van der Waals surface area contributed by atoms with E-state index in [1.807, 2.05) is 36.4 Å². The summed E-state index contributed by atoms with van der Waals surface area (Å²) in [7, 11) is 1.59. The zero-order chi connectivity index (χ0) is 17.4. The molecule has 0 aliphatic rings. The van der Waals surface area contributed by atoms with Gasteiger partial charge >= 0.3 is 6.03 Å². The smallest absolute Gasteiger partial charge is 0.319 e. The zero-order valence-corrected chi connectivity index (χ0v) is 13.8. The van der Waals surface area contributed by atoms with E-state index in [1.54, 1.807) is 19.2 Å². The molecule has 0 aromatic heterocycles. The number of para-hydroxylation sites is 1. The SMILES string of the molecule is COc1ccc(NC(C)=O)cc1CCNC(=O)Nc1ccccc1. The van der Waals surface area contributed by atoms with Gasteiger partial charge in [0, 0.05) is 24.8 Å². The van der Waals surface area contributed by atoms with Crippen LogP contribution >= 0.6 is 0 Å². The second-order valence-corrected chi connectivity index (χ2v) is 5.20. The van der Waals surface area contributed by atoms with Gasteiger partial charge in [-0.2, -0.15) is 0 Å². The molecule has 0 heterocycles. The molecule has 6 heteroatoms. The number of benzene rings is 2. The van der Waals surface area contributed by atoms with Gasteiger partial charge in [-0.15, -0.1) is 0 Å². The van der Waals surface area contributed by atoms with Crippen LogP contribution in [0.4, 0.5) is 16.2 Å². The van der Waals surface area contributed by atoms with Crippen molar-refractivity contribution < 1.29 is 14.3 Å². The highest BCUT2D eigenvalue weighted by Gasteiger charge is 2.07. The second kappa shape index (κ2) is 8.57. The van der Waals surface area contributed by atoms with Gasteiger partial charge in [0.2, 0.25) is 5.91 Å². The molecule has 0 bridgehead atoms. The van der Waals surface area contributed by atoms with Crippen LogP contribution in [0, 0.1) is 0 Å². The highest BCUT2D eigenvalue weighted by molar-refractivity contribution is 5.89. The quantitative estimate of drug-likeness (QED) is 0.763. The summed E-state index contributed by atoms with van der Waals surface area (Å²) < 4.78 is 5.32. The van der Waals surface area contributed by atoms with Crippen LogP contribution in [-0.2, 0) is 11.2 Å². The summed E-state index contributed by atoms with van der Waals surface area (Å²) in [6, 6.07) is 14.4. The van der Waals surface area contributed by atoms with Gasteiger partial charge in [-0.05, 0) is 42.3 Å². The van der Waals surface area contributed by atoms with Gasteiger partial charge < -0.3 is 20.7 Å². The first-order chi connectivity index (χ1) is 11.6. The molecule has 6 nitrogen and oxygen atoms in total. The van der Waals surface area contributed by atoms with Crippen LogP contribution in [0.1, 0.15) is 12.5 Å². The van der Waals surface area contributed by atoms with Crippen LogP contribution in [0.5, 0.6) is 5.75 Å². The predicted molar refractivity (Wildman–Crippen MR) is 94.5 cm³/mol. The summed E-state index contributed by atoms with van der Waals surface area (Å²) in [5, 5.41) is 8.29. The van der Waals surface area contributed by atoms with E-state index >= 15 is 0 Å². The molecule has 24 heavy (non-hydrogen) atoms. The summed E-state index contributed by atoms with van der Waals surface area (Å²) in [5.41, 5.74) is 2.34. The van der Waals surface area contributed by atoms with Crippen molar-refractivity contribution in [2.75, 3.05) is 24.3 Å². The highest BCUT2D eigenvalue weighted by Crippen LogP contribution is 2.23. The average Bonchev–Trinajstić information content (AvgIpc) is 2.55. The summed E-state index contributed by atoms with van der Waals surface area (Å²) in [5.74, 6) is 0.584. The fraction of sp³-hybridized carbons (Fsp3) is 0.222. The molecule has 3 N–H and O–H groups in total. The minimum atomic E-state index is -0.266. The number of amides is 3. The Hall–Kier alpha value is -3.02. The van der Waals surface area contributed by atoms with Crippen LogP contribution in [-0.4, -0.2) is 25.6 Å². The van der Waals surface area contributed by atoms with Crippen LogP contribution in [0.2, 0.25) is 0 Å². The molecule has 2 aromatic rings. The van der Waals surface area contributed by atoms with E-state index in [-0.39, 0.29) is 11.9 Å². The fourth-order valence-corrected chi connectivity index (χ4v) is 2.26. The normalized spacial score (nSPS) is 9.92. The van der Waals surface area contributed by atoms with Gasteiger partial charge in [0.05, 0.1) is 7.11 Å². The first-order valence-corrected chi connectivity index (χ1v) is 7.63. The summed E-state index contributed by atoms with van der Waals surface area (Å²) in [6.07, 6.45) is 0.582. The lowest BCUT2D eigenvalue weighted by Gasteiger charge is -2.12. The van der Waals surface area contributed by atoms with Crippen LogP contribution in [0.15, 0.2) is 48.5 Å². The number of anilines is 2. The van der Waals surface area contributed by atoms with E-state index in [0.29, 0.717) is 18.7 Å². The first-order valence-electron chi connectivity index (χ1n) is 7.63. The minimum absolute atomic E-state index is 0.133. The van der Waals surface area contributed by atoms with Crippen LogP contribution in [0.25, 0.3) is 0 Å². The van der Waals surface area contributed by atoms with Crippen molar-refractivity contribution in [3.05, 3.63) is 54.1 Å². The molecule has 0 radical (unpaired) electrons. The number of methoxy groups -OCH3 is 1. The molecule has 0 atom stereocenters. The fourth-order valence-electron chi connectivity index (χ4n) is 2.26. The lowest BCUT2D eigenvalue weighted by Crippen LogP contribution is -2.30. The Labute approximate surface area is 141 Å². The third-order valence-electron chi connectivity index (χ3n) is 3.31. The molecule has 126 valence electrons. The monoisotopic (exact) mass is 327 g/mol. The summed E-state index contributed by atoms with van der Waals surface area (Å²) in [4.78, 5) is 23.0. The van der Waals surface area contributed by atoms with Crippen molar-refractivity contribution in [1.29, 1.82) is 0 Å². The topological polar surface area (TPSA) is 79.5 Å². The third-order valence-corrected chi connectivity index (χ3v) is 3.31. The maximum atomic E-state index is 11.9. The van der Waals surface area contributed by atoms with E-state index < -0.39 is 0 Å². The highest BCUT2D eigenvalue weighted by atomic mass is 16.5. The molecule has 3 amide bonds. The number of nitrogens with one attached hydrogen (secondary N) is 3. The predicted octanol–water partition coefficient (Wildman–Crippen LogP) is 3.02. The Bertz CT molecular complexity index is 702. The molecule has 0 saturated heterocycles. The van der Waals surface area contributed by atoms with Crippen LogP contribution < -0.4 is 20.7 Å². The standard InChI is InChI=1S/C18H21N3O3/c1-13(22)20-16-8-9-17(24-2)14(12-16)10-11-19-18(23)21-15-6-4-3-5-7-15/h3-9,12H,10-11H2,1-2H3,(H,20,22)(H2,19,21,23). The number of carbonyl (C=O) groups excluding carboxylic acids is 2. The molecule has 0 spiro atoms. The van der Waals surface area contributed by atoms with Crippen LogP contribution in [0.3, 0.4) is 0 Å². The summed E-state index contributed by atoms with van der Waals surface area (Å²) in [6.45, 7) is 1.90. The number of carbonyl (C=O) groups is 2. The van der Waals surface area contributed by atoms with Crippen molar-refractivity contribution in [2.24, 2.45) is 0 Å². The van der Waals surface area contributed by atoms with Crippen molar-refractivity contribution in [1.82, 2.24) is 5.32 Å². The Morgan fingerprint density at radius 2 is 1.75 bits per heavy atom. The Balaban J connectivity index is 1.90. The van der Waals surface area contributed by atoms with E-state index in [1.165, 1.54) is 6.92 Å². The Kier molecular flexibility index (Phi) is 6.19. The molecule has 2 aromatic carbocycles. The minimum Gasteiger partial charge on any atom is -0.496 e. The number of hydrogen-bond donors (Lipinski definition) is 3. The van der Waals surface area contributed by atoms with Gasteiger partial charge in [-0.1, -0.05) is 18.2 Å². The van der Waals surface area contributed by atoms with E-state index in [4.69, 9.17) is 4.74 Å². The lowest BCUT2D eigenvalue weighted by molar-refractivity contribution is -0.114. The molecule has 0 aliphatic heterocycles. The third kappa shape index (κ3) is 5.31. The van der Waals surface area contributed by atoms with Gasteiger partial charge in [0.1, 0.15) is 5.75 Å². The molecule has 2 rings (SSSR count). The van der Waals surface area contributed by atoms with Gasteiger partial charge in [-0.25, -0.2) is 4.79 Å². The van der Waals surface area contributed by atoms with Gasteiger partial charge in [0.25, 0.3) is 0 Å². The number of hydrogen-bond acceptors (Lipinski definition) is 3. The number of rotatable bonds is 6. The van der Waals surface area contributed by atoms with E-state index in [2.05, 4.69) is 16.0 Å². The molecule has 0 saturated carbocycles. The molecular formula is C18H21N3O3. The number of ether oxygens (including phenoxy) is 1. The van der Waals surface area contributed by atoms with E-state index in [9.17, 15) is 9.59 Å². The van der Waals surface area contributed by atoms with Gasteiger partial charge in [0.15, 0.2) is 0 Å². The Morgan fingerprint density at radius 3 is 2.42 bits per heavy atom. The second-order valence-electron chi connectivity index (χ2n) is 5.20. The average molecular weight is 327 g/mol. The van der Waals surface area contributed by atoms with Gasteiger partial charge in [-0.3, -0.25) is 4.79 Å². The van der Waals surface area contributed by atoms with Crippen molar-refractivity contribution >= 4 is 23.3 Å². The largest absolute Gasteiger partial charge is 0.496 e. The molecular weight excluding hydrogens is 306 g/mol. The zero-order valence-electron chi connectivity index (χ0n) is 13.8. The molecule has 0 unspecified atom stereocenters.